The zero-order valence-electron chi connectivity index (χ0n) is 14.3. The van der Waals surface area contributed by atoms with E-state index in [1.165, 1.54) is 51.9 Å². The lowest BCUT2D eigenvalue weighted by Gasteiger charge is -2.35. The molecule has 0 aromatic carbocycles. The van der Waals surface area contributed by atoms with Crippen molar-refractivity contribution in [3.63, 3.8) is 0 Å². The first-order chi connectivity index (χ1) is 10.2. The molecule has 3 unspecified atom stereocenters. The van der Waals surface area contributed by atoms with Gasteiger partial charge in [0, 0.05) is 37.7 Å². The molecular weight excluding hydrogens is 262 g/mol. The van der Waals surface area contributed by atoms with Gasteiger partial charge in [-0.3, -0.25) is 4.90 Å². The lowest BCUT2D eigenvalue weighted by Crippen LogP contribution is -2.50. The predicted molar refractivity (Wildman–Crippen MR) is 88.8 cm³/mol. The fraction of sp³-hybridized carbons (Fsp3) is 1.00. The lowest BCUT2D eigenvalue weighted by atomic mass is 9.97. The highest BCUT2D eigenvalue weighted by atomic mass is 16.5. The second-order valence-electron chi connectivity index (χ2n) is 6.86. The second kappa shape index (κ2) is 9.09. The summed E-state index contributed by atoms with van der Waals surface area (Å²) in [6, 6.07) is 1.32. The molecular formula is C17H35N3O. The Balaban J connectivity index is 1.95. The fourth-order valence-electron chi connectivity index (χ4n) is 3.75. The van der Waals surface area contributed by atoms with Gasteiger partial charge in [0.15, 0.2) is 0 Å². The smallest absolute Gasteiger partial charge is 0.0510 e. The van der Waals surface area contributed by atoms with Crippen LogP contribution in [0.25, 0.3) is 0 Å². The van der Waals surface area contributed by atoms with Crippen LogP contribution in [0, 0.1) is 5.92 Å². The molecule has 0 spiro atoms. The summed E-state index contributed by atoms with van der Waals surface area (Å²) >= 11 is 0. The van der Waals surface area contributed by atoms with Crippen LogP contribution < -0.4 is 5.32 Å². The third-order valence-electron chi connectivity index (χ3n) is 5.12. The topological polar surface area (TPSA) is 27.7 Å². The third kappa shape index (κ3) is 5.20. The molecule has 3 atom stereocenters. The summed E-state index contributed by atoms with van der Waals surface area (Å²) in [4.78, 5) is 5.25. The highest BCUT2D eigenvalue weighted by molar-refractivity contribution is 4.86. The van der Waals surface area contributed by atoms with E-state index in [-0.39, 0.29) is 0 Å². The molecule has 2 heterocycles. The van der Waals surface area contributed by atoms with Crippen LogP contribution in [0.15, 0.2) is 0 Å². The Kier molecular flexibility index (Phi) is 7.44. The number of likely N-dealkylation sites (N-methyl/N-ethyl adjacent to an activating group) is 1. The summed E-state index contributed by atoms with van der Waals surface area (Å²) in [7, 11) is 2.27. The van der Waals surface area contributed by atoms with Gasteiger partial charge in [0.1, 0.15) is 0 Å². The van der Waals surface area contributed by atoms with Gasteiger partial charge in [-0.2, -0.15) is 0 Å². The molecule has 4 heteroatoms. The van der Waals surface area contributed by atoms with Crippen LogP contribution >= 0.6 is 0 Å². The summed E-state index contributed by atoms with van der Waals surface area (Å²) in [5.41, 5.74) is 0. The number of hydrogen-bond acceptors (Lipinski definition) is 4. The molecule has 2 aliphatic heterocycles. The van der Waals surface area contributed by atoms with Crippen LogP contribution in [0.2, 0.25) is 0 Å². The van der Waals surface area contributed by atoms with Gasteiger partial charge in [-0.25, -0.2) is 0 Å². The first kappa shape index (κ1) is 17.2. The van der Waals surface area contributed by atoms with Crippen molar-refractivity contribution in [1.29, 1.82) is 0 Å². The standard InChI is InChI=1S/C17H35N3O/c1-4-8-18-17(15-7-11-21-14-15)13-20-10-6-9-19(3)12-16(20)5-2/h15-18H,4-14H2,1-3H3. The maximum atomic E-state index is 5.64. The molecule has 0 aliphatic carbocycles. The summed E-state index contributed by atoms with van der Waals surface area (Å²) in [5.74, 6) is 0.704. The Morgan fingerprint density at radius 2 is 2.14 bits per heavy atom. The molecule has 2 aliphatic rings. The van der Waals surface area contributed by atoms with Gasteiger partial charge in [-0.1, -0.05) is 13.8 Å². The normalized spacial score (nSPS) is 30.4. The van der Waals surface area contributed by atoms with Gasteiger partial charge < -0.3 is 15.0 Å². The van der Waals surface area contributed by atoms with Crippen molar-refractivity contribution in [3.05, 3.63) is 0 Å². The van der Waals surface area contributed by atoms with Gasteiger partial charge in [0.05, 0.1) is 6.61 Å². The quantitative estimate of drug-likeness (QED) is 0.775. The molecule has 0 saturated carbocycles. The first-order valence-electron chi connectivity index (χ1n) is 8.98. The van der Waals surface area contributed by atoms with E-state index in [0.29, 0.717) is 18.0 Å². The van der Waals surface area contributed by atoms with E-state index in [1.807, 2.05) is 0 Å². The Morgan fingerprint density at radius 1 is 1.29 bits per heavy atom. The average molecular weight is 297 g/mol. The van der Waals surface area contributed by atoms with Gasteiger partial charge in [0.2, 0.25) is 0 Å². The van der Waals surface area contributed by atoms with E-state index in [4.69, 9.17) is 4.74 Å². The molecule has 0 aromatic rings. The van der Waals surface area contributed by atoms with Crippen molar-refractivity contribution in [2.24, 2.45) is 5.92 Å². The molecule has 0 bridgehead atoms. The zero-order chi connectivity index (χ0) is 15.1. The minimum absolute atomic E-state index is 0.602. The van der Waals surface area contributed by atoms with Crippen LogP contribution in [0.4, 0.5) is 0 Å². The van der Waals surface area contributed by atoms with Crippen molar-refractivity contribution in [1.82, 2.24) is 15.1 Å². The third-order valence-corrected chi connectivity index (χ3v) is 5.12. The molecule has 2 rings (SSSR count). The van der Waals surface area contributed by atoms with Crippen molar-refractivity contribution in [2.45, 2.75) is 51.6 Å². The fourth-order valence-corrected chi connectivity index (χ4v) is 3.75. The van der Waals surface area contributed by atoms with Gasteiger partial charge in [0.25, 0.3) is 0 Å². The lowest BCUT2D eigenvalue weighted by molar-refractivity contribution is 0.134. The van der Waals surface area contributed by atoms with Gasteiger partial charge >= 0.3 is 0 Å². The summed E-state index contributed by atoms with van der Waals surface area (Å²) in [6.45, 7) is 12.5. The highest BCUT2D eigenvalue weighted by Gasteiger charge is 2.30. The molecule has 124 valence electrons. The molecule has 4 nitrogen and oxygen atoms in total. The summed E-state index contributed by atoms with van der Waals surface area (Å²) < 4.78 is 5.64. The number of ether oxygens (including phenoxy) is 1. The minimum atomic E-state index is 0.602. The molecule has 2 fully saturated rings. The number of nitrogens with one attached hydrogen (secondary N) is 1. The van der Waals surface area contributed by atoms with Crippen LogP contribution in [0.1, 0.15) is 39.5 Å². The molecule has 21 heavy (non-hydrogen) atoms. The maximum absolute atomic E-state index is 5.64. The van der Waals surface area contributed by atoms with Crippen molar-refractivity contribution in [2.75, 3.05) is 53.0 Å². The van der Waals surface area contributed by atoms with Crippen molar-refractivity contribution >= 4 is 0 Å². The Hall–Kier alpha value is -0.160. The van der Waals surface area contributed by atoms with E-state index in [1.54, 1.807) is 0 Å². The summed E-state index contributed by atoms with van der Waals surface area (Å²) in [5, 5.41) is 3.80. The van der Waals surface area contributed by atoms with E-state index in [0.717, 1.165) is 19.8 Å². The van der Waals surface area contributed by atoms with E-state index in [2.05, 4.69) is 36.0 Å². The first-order valence-corrected chi connectivity index (χ1v) is 8.98. The number of hydrogen-bond donors (Lipinski definition) is 1. The molecule has 0 aromatic heterocycles. The molecule has 0 amide bonds. The Labute approximate surface area is 131 Å². The van der Waals surface area contributed by atoms with Gasteiger partial charge in [-0.15, -0.1) is 0 Å². The van der Waals surface area contributed by atoms with E-state index >= 15 is 0 Å². The Bertz CT molecular complexity index is 279. The van der Waals surface area contributed by atoms with E-state index in [9.17, 15) is 0 Å². The minimum Gasteiger partial charge on any atom is -0.381 e. The van der Waals surface area contributed by atoms with Crippen LogP contribution in [-0.2, 0) is 4.74 Å². The monoisotopic (exact) mass is 297 g/mol. The number of rotatable bonds is 7. The molecule has 2 saturated heterocycles. The van der Waals surface area contributed by atoms with E-state index < -0.39 is 0 Å². The van der Waals surface area contributed by atoms with Crippen LogP contribution in [0.3, 0.4) is 0 Å². The molecule has 0 radical (unpaired) electrons. The maximum Gasteiger partial charge on any atom is 0.0510 e. The van der Waals surface area contributed by atoms with Gasteiger partial charge in [-0.05, 0) is 52.4 Å². The summed E-state index contributed by atoms with van der Waals surface area (Å²) in [6.07, 6.45) is 5.00. The van der Waals surface area contributed by atoms with Crippen LogP contribution in [0.5, 0.6) is 0 Å². The van der Waals surface area contributed by atoms with Crippen LogP contribution in [-0.4, -0.2) is 74.9 Å². The SMILES string of the molecule is CCCNC(CN1CCCN(C)CC1CC)C1CCOC1. The number of nitrogens with zero attached hydrogens (tertiary/aromatic N) is 2. The second-order valence-corrected chi connectivity index (χ2v) is 6.86. The average Bonchev–Trinajstić information content (AvgIpc) is 2.95. The zero-order valence-corrected chi connectivity index (χ0v) is 14.3. The largest absolute Gasteiger partial charge is 0.381 e. The Morgan fingerprint density at radius 3 is 2.81 bits per heavy atom. The highest BCUT2D eigenvalue weighted by Crippen LogP contribution is 2.20. The van der Waals surface area contributed by atoms with Crippen molar-refractivity contribution in [3.8, 4) is 0 Å². The van der Waals surface area contributed by atoms with Crippen molar-refractivity contribution < 1.29 is 4.74 Å². The molecule has 1 N–H and O–H groups in total. The predicted octanol–water partition coefficient (Wildman–Crippen LogP) is 1.81.